The van der Waals surface area contributed by atoms with Gasteiger partial charge in [0.05, 0.1) is 18.8 Å². The second-order valence-electron chi connectivity index (χ2n) is 10.9. The van der Waals surface area contributed by atoms with Crippen LogP contribution >= 0.6 is 0 Å². The van der Waals surface area contributed by atoms with Gasteiger partial charge in [0.25, 0.3) is 0 Å². The average Bonchev–Trinajstić information content (AvgIpc) is 2.98. The normalized spacial score (nSPS) is 10.7. The maximum absolute atomic E-state index is 13.1. The minimum atomic E-state index is -0.523. The summed E-state index contributed by atoms with van der Waals surface area (Å²) in [4.78, 5) is 48.2. The predicted octanol–water partition coefficient (Wildman–Crippen LogP) is 7.22. The number of hydrogen-bond donors (Lipinski definition) is 0. The molecule has 1 heterocycles. The zero-order valence-electron chi connectivity index (χ0n) is 25.8. The molecule has 2 aromatic carbocycles. The van der Waals surface area contributed by atoms with Crippen LogP contribution in [-0.4, -0.2) is 31.1 Å². The van der Waals surface area contributed by atoms with Crippen LogP contribution in [-0.2, 0) is 36.7 Å². The Morgan fingerprint density at radius 1 is 0.705 bits per heavy atom. The van der Waals surface area contributed by atoms with E-state index >= 15 is 0 Å². The Hall–Kier alpha value is -4.72. The highest BCUT2D eigenvalue weighted by Gasteiger charge is 2.14. The zero-order valence-corrected chi connectivity index (χ0v) is 25.8. The van der Waals surface area contributed by atoms with Gasteiger partial charge in [0, 0.05) is 22.1 Å². The smallest absolute Gasteiger partial charge is 0.344 e. The van der Waals surface area contributed by atoms with Crippen LogP contribution in [0.1, 0.15) is 64.0 Å². The molecule has 0 fully saturated rings. The second kappa shape index (κ2) is 16.2. The van der Waals surface area contributed by atoms with Crippen molar-refractivity contribution >= 4 is 28.9 Å². The van der Waals surface area contributed by atoms with Gasteiger partial charge < -0.3 is 18.6 Å². The minimum Gasteiger partial charge on any atom is -0.462 e. The van der Waals surface area contributed by atoms with Crippen molar-refractivity contribution in [1.82, 2.24) is 0 Å². The largest absolute Gasteiger partial charge is 0.462 e. The van der Waals surface area contributed by atoms with Crippen molar-refractivity contribution in [2.75, 3.05) is 13.2 Å². The Morgan fingerprint density at radius 3 is 1.86 bits per heavy atom. The van der Waals surface area contributed by atoms with E-state index in [1.807, 2.05) is 12.1 Å². The van der Waals surface area contributed by atoms with Crippen LogP contribution in [0.4, 0.5) is 0 Å². The van der Waals surface area contributed by atoms with E-state index in [1.54, 1.807) is 45.0 Å². The summed E-state index contributed by atoms with van der Waals surface area (Å²) in [6.45, 7) is 16.2. The number of rotatable bonds is 16. The predicted molar refractivity (Wildman–Crippen MR) is 170 cm³/mol. The molecule has 0 unspecified atom stereocenters. The van der Waals surface area contributed by atoms with E-state index in [1.165, 1.54) is 0 Å². The summed E-state index contributed by atoms with van der Waals surface area (Å²) >= 11 is 0. The molecule has 0 aliphatic rings. The molecule has 0 saturated heterocycles. The molecule has 0 radical (unpaired) electrons. The number of carbonyl (C=O) groups excluding carboxylic acids is 3. The molecule has 0 aliphatic heterocycles. The number of fused-ring (bicyclic) bond motifs is 1. The van der Waals surface area contributed by atoms with Crippen LogP contribution in [0.2, 0.25) is 0 Å². The van der Waals surface area contributed by atoms with E-state index in [4.69, 9.17) is 18.6 Å². The first-order chi connectivity index (χ1) is 21.0. The third-order valence-electron chi connectivity index (χ3n) is 6.81. The molecular formula is C36H40O8. The van der Waals surface area contributed by atoms with E-state index in [0.717, 1.165) is 42.2 Å². The number of esters is 3. The van der Waals surface area contributed by atoms with Crippen molar-refractivity contribution in [3.63, 3.8) is 0 Å². The molecule has 3 rings (SSSR count). The molecule has 1 aromatic heterocycles. The Morgan fingerprint density at radius 2 is 1.27 bits per heavy atom. The lowest BCUT2D eigenvalue weighted by atomic mass is 9.97. The number of hydrogen-bond acceptors (Lipinski definition) is 8. The van der Waals surface area contributed by atoms with E-state index in [2.05, 4.69) is 25.8 Å². The van der Waals surface area contributed by atoms with Crippen LogP contribution in [0.5, 0.6) is 5.75 Å². The van der Waals surface area contributed by atoms with Gasteiger partial charge in [-0.3, -0.25) is 0 Å². The monoisotopic (exact) mass is 600 g/mol. The zero-order chi connectivity index (χ0) is 32.2. The van der Waals surface area contributed by atoms with Gasteiger partial charge in [-0.15, -0.1) is 0 Å². The molecule has 3 aromatic rings. The Labute approximate surface area is 258 Å². The molecule has 0 atom stereocenters. The van der Waals surface area contributed by atoms with E-state index in [9.17, 15) is 19.2 Å². The standard InChI is InChI=1S/C36H40O8/c1-23(2)33(37)41-18-10-7-8-13-28-20-26(12-9-11-19-42-34(38)24(3)4)21-29-22-31(36(40)44-32(28)29)27-14-16-30(17-15-27)43-35(39)25(5)6/h14-17,20-22H,1,3,5,7-13,18-19H2,2,4,6H3. The van der Waals surface area contributed by atoms with Gasteiger partial charge in [-0.25, -0.2) is 19.2 Å². The summed E-state index contributed by atoms with van der Waals surface area (Å²) in [5.74, 6) is -0.958. The SMILES string of the molecule is C=C(C)C(=O)OCCCCCc1cc(CCCCOC(=O)C(=C)C)cc2cc(-c3ccc(OC(=O)C(=C)C)cc3)c(=O)oc12. The van der Waals surface area contributed by atoms with Crippen LogP contribution in [0.15, 0.2) is 88.1 Å². The van der Waals surface area contributed by atoms with Crippen molar-refractivity contribution in [3.8, 4) is 16.9 Å². The fourth-order valence-electron chi connectivity index (χ4n) is 4.40. The molecule has 0 aliphatic carbocycles. The van der Waals surface area contributed by atoms with Crippen LogP contribution in [0.3, 0.4) is 0 Å². The molecule has 0 spiro atoms. The topological polar surface area (TPSA) is 109 Å². The van der Waals surface area contributed by atoms with Gasteiger partial charge >= 0.3 is 23.5 Å². The third-order valence-corrected chi connectivity index (χ3v) is 6.81. The summed E-state index contributed by atoms with van der Waals surface area (Å²) in [7, 11) is 0. The van der Waals surface area contributed by atoms with Gasteiger partial charge in [0.15, 0.2) is 0 Å². The molecule has 8 heteroatoms. The summed E-state index contributed by atoms with van der Waals surface area (Å²) in [5, 5.41) is 0.800. The molecule has 8 nitrogen and oxygen atoms in total. The fourth-order valence-corrected chi connectivity index (χ4v) is 4.40. The quantitative estimate of drug-likeness (QED) is 0.0558. The average molecular weight is 601 g/mol. The molecule has 232 valence electrons. The van der Waals surface area contributed by atoms with E-state index in [0.29, 0.717) is 66.1 Å². The van der Waals surface area contributed by atoms with Crippen molar-refractivity contribution in [3.05, 3.63) is 100 Å². The first kappa shape index (κ1) is 33.8. The third kappa shape index (κ3) is 9.93. The van der Waals surface area contributed by atoms with E-state index < -0.39 is 23.5 Å². The fraction of sp³-hybridized carbons (Fsp3) is 0.333. The van der Waals surface area contributed by atoms with Crippen LogP contribution in [0.25, 0.3) is 22.1 Å². The highest BCUT2D eigenvalue weighted by Crippen LogP contribution is 2.28. The summed E-state index contributed by atoms with van der Waals surface area (Å²) < 4.78 is 21.5. The maximum atomic E-state index is 13.1. The van der Waals surface area contributed by atoms with Crippen molar-refractivity contribution in [2.45, 2.75) is 65.7 Å². The lowest BCUT2D eigenvalue weighted by Crippen LogP contribution is -2.08. The molecule has 0 saturated carbocycles. The van der Waals surface area contributed by atoms with Crippen LogP contribution < -0.4 is 10.4 Å². The second-order valence-corrected chi connectivity index (χ2v) is 10.9. The van der Waals surface area contributed by atoms with Crippen molar-refractivity contribution < 1.29 is 33.0 Å². The molecule has 0 amide bonds. The lowest BCUT2D eigenvalue weighted by molar-refractivity contribution is -0.139. The van der Waals surface area contributed by atoms with Gasteiger partial charge in [-0.1, -0.05) is 37.9 Å². The van der Waals surface area contributed by atoms with Gasteiger partial charge in [-0.05, 0) is 107 Å². The first-order valence-electron chi connectivity index (χ1n) is 14.7. The van der Waals surface area contributed by atoms with Crippen LogP contribution in [0, 0.1) is 0 Å². The Kier molecular flexibility index (Phi) is 12.4. The summed E-state index contributed by atoms with van der Waals surface area (Å²) in [5.41, 5.74) is 4.14. The Bertz CT molecular complexity index is 1610. The molecular weight excluding hydrogens is 560 g/mol. The van der Waals surface area contributed by atoms with Gasteiger partial charge in [-0.2, -0.15) is 0 Å². The molecule has 44 heavy (non-hydrogen) atoms. The highest BCUT2D eigenvalue weighted by atomic mass is 16.5. The van der Waals surface area contributed by atoms with Crippen molar-refractivity contribution in [1.29, 1.82) is 0 Å². The summed E-state index contributed by atoms with van der Waals surface area (Å²) in [6.07, 6.45) is 5.29. The highest BCUT2D eigenvalue weighted by molar-refractivity contribution is 5.89. The number of aryl methyl sites for hydroxylation is 2. The van der Waals surface area contributed by atoms with Gasteiger partial charge in [0.2, 0.25) is 0 Å². The lowest BCUT2D eigenvalue weighted by Gasteiger charge is -2.12. The summed E-state index contributed by atoms with van der Waals surface area (Å²) in [6, 6.07) is 12.6. The first-order valence-corrected chi connectivity index (χ1v) is 14.7. The Balaban J connectivity index is 1.80. The van der Waals surface area contributed by atoms with Crippen molar-refractivity contribution in [2.24, 2.45) is 0 Å². The number of benzene rings is 2. The molecule has 0 N–H and O–H groups in total. The minimum absolute atomic E-state index is 0.287. The number of ether oxygens (including phenoxy) is 3. The molecule has 0 bridgehead atoms. The maximum Gasteiger partial charge on any atom is 0.344 e. The number of unbranched alkanes of at least 4 members (excludes halogenated alkanes) is 3. The van der Waals surface area contributed by atoms with Gasteiger partial charge in [0.1, 0.15) is 11.3 Å². The number of carbonyl (C=O) groups is 3. The van der Waals surface area contributed by atoms with E-state index in [-0.39, 0.29) is 5.57 Å².